The average Bonchev–Trinajstić information content (AvgIpc) is 2.62. The van der Waals surface area contributed by atoms with Crippen molar-refractivity contribution in [1.82, 2.24) is 10.2 Å². The van der Waals surface area contributed by atoms with Gasteiger partial charge in [-0.3, -0.25) is 4.79 Å². The standard InChI is InChI=1S/C20H30N2O4/c1-5-25-20(24)22-12-6-7-17(13-22)19(23)21-15(4)16-8-10-18(11-9-16)26-14(2)3/h8-11,14-15,17H,5-7,12-13H2,1-4H3,(H,21,23). The largest absolute Gasteiger partial charge is 0.491 e. The molecule has 2 rings (SSSR count). The summed E-state index contributed by atoms with van der Waals surface area (Å²) in [6.07, 6.45) is 1.40. The molecule has 1 heterocycles. The third-order valence-corrected chi connectivity index (χ3v) is 4.43. The molecule has 0 radical (unpaired) electrons. The summed E-state index contributed by atoms with van der Waals surface area (Å²) in [6.45, 7) is 9.13. The Kier molecular flexibility index (Phi) is 7.30. The molecule has 1 N–H and O–H groups in total. The summed E-state index contributed by atoms with van der Waals surface area (Å²) >= 11 is 0. The Morgan fingerprint density at radius 3 is 2.54 bits per heavy atom. The number of hydrogen-bond donors (Lipinski definition) is 1. The Balaban J connectivity index is 1.90. The maximum Gasteiger partial charge on any atom is 0.409 e. The summed E-state index contributed by atoms with van der Waals surface area (Å²) < 4.78 is 10.7. The summed E-state index contributed by atoms with van der Waals surface area (Å²) in [6, 6.07) is 7.67. The first-order chi connectivity index (χ1) is 12.4. The van der Waals surface area contributed by atoms with Gasteiger partial charge in [0.05, 0.1) is 24.7 Å². The maximum atomic E-state index is 12.6. The van der Waals surface area contributed by atoms with Gasteiger partial charge in [0.1, 0.15) is 5.75 Å². The fourth-order valence-corrected chi connectivity index (χ4v) is 3.09. The Bertz CT molecular complexity index is 600. The number of rotatable bonds is 6. The van der Waals surface area contributed by atoms with Crippen LogP contribution in [-0.4, -0.2) is 42.7 Å². The van der Waals surface area contributed by atoms with Gasteiger partial charge in [-0.05, 0) is 58.2 Å². The molecule has 144 valence electrons. The number of ether oxygens (including phenoxy) is 2. The summed E-state index contributed by atoms with van der Waals surface area (Å²) in [4.78, 5) is 26.1. The van der Waals surface area contributed by atoms with Crippen LogP contribution >= 0.6 is 0 Å². The highest BCUT2D eigenvalue weighted by atomic mass is 16.6. The average molecular weight is 362 g/mol. The monoisotopic (exact) mass is 362 g/mol. The van der Waals surface area contributed by atoms with Gasteiger partial charge in [-0.25, -0.2) is 4.79 Å². The van der Waals surface area contributed by atoms with Crippen LogP contribution in [0.25, 0.3) is 0 Å². The second-order valence-electron chi connectivity index (χ2n) is 6.95. The van der Waals surface area contributed by atoms with Crippen molar-refractivity contribution in [3.8, 4) is 5.75 Å². The van der Waals surface area contributed by atoms with Gasteiger partial charge in [0.2, 0.25) is 5.91 Å². The Morgan fingerprint density at radius 1 is 1.23 bits per heavy atom. The zero-order valence-corrected chi connectivity index (χ0v) is 16.2. The molecular formula is C20H30N2O4. The maximum absolute atomic E-state index is 12.6. The minimum Gasteiger partial charge on any atom is -0.491 e. The normalized spacial score (nSPS) is 18.3. The van der Waals surface area contributed by atoms with Crippen molar-refractivity contribution in [2.75, 3.05) is 19.7 Å². The van der Waals surface area contributed by atoms with Crippen LogP contribution in [0, 0.1) is 5.92 Å². The molecule has 1 aliphatic rings. The van der Waals surface area contributed by atoms with Crippen LogP contribution in [0.4, 0.5) is 4.79 Å². The number of likely N-dealkylation sites (tertiary alicyclic amines) is 1. The number of nitrogens with zero attached hydrogens (tertiary/aromatic N) is 1. The molecular weight excluding hydrogens is 332 g/mol. The Hall–Kier alpha value is -2.24. The van der Waals surface area contributed by atoms with Gasteiger partial charge >= 0.3 is 6.09 Å². The van der Waals surface area contributed by atoms with Gasteiger partial charge in [0, 0.05) is 13.1 Å². The van der Waals surface area contributed by atoms with E-state index in [4.69, 9.17) is 9.47 Å². The molecule has 1 saturated heterocycles. The van der Waals surface area contributed by atoms with Crippen LogP contribution < -0.4 is 10.1 Å². The molecule has 0 bridgehead atoms. The van der Waals surface area contributed by atoms with Crippen molar-refractivity contribution >= 4 is 12.0 Å². The van der Waals surface area contributed by atoms with E-state index in [1.54, 1.807) is 11.8 Å². The fraction of sp³-hybridized carbons (Fsp3) is 0.600. The molecule has 6 nitrogen and oxygen atoms in total. The van der Waals surface area contributed by atoms with Gasteiger partial charge in [-0.1, -0.05) is 12.1 Å². The molecule has 0 aliphatic carbocycles. The molecule has 2 atom stereocenters. The first-order valence-corrected chi connectivity index (χ1v) is 9.39. The van der Waals surface area contributed by atoms with Crippen LogP contribution in [-0.2, 0) is 9.53 Å². The second kappa shape index (κ2) is 9.46. The number of nitrogens with one attached hydrogen (secondary N) is 1. The molecule has 1 aliphatic heterocycles. The molecule has 2 amide bonds. The van der Waals surface area contributed by atoms with E-state index in [0.717, 1.165) is 24.2 Å². The van der Waals surface area contributed by atoms with E-state index in [-0.39, 0.29) is 30.1 Å². The number of piperidine rings is 1. The first-order valence-electron chi connectivity index (χ1n) is 9.39. The molecule has 0 spiro atoms. The Morgan fingerprint density at radius 2 is 1.92 bits per heavy atom. The lowest BCUT2D eigenvalue weighted by molar-refractivity contribution is -0.127. The lowest BCUT2D eigenvalue weighted by Gasteiger charge is -2.31. The van der Waals surface area contributed by atoms with Crippen molar-refractivity contribution in [3.05, 3.63) is 29.8 Å². The van der Waals surface area contributed by atoms with E-state index in [2.05, 4.69) is 5.32 Å². The zero-order valence-electron chi connectivity index (χ0n) is 16.2. The predicted molar refractivity (Wildman–Crippen MR) is 100 cm³/mol. The second-order valence-corrected chi connectivity index (χ2v) is 6.95. The van der Waals surface area contributed by atoms with Gasteiger partial charge in [-0.15, -0.1) is 0 Å². The van der Waals surface area contributed by atoms with E-state index in [1.165, 1.54) is 0 Å². The molecule has 1 aromatic carbocycles. The zero-order chi connectivity index (χ0) is 19.1. The van der Waals surface area contributed by atoms with E-state index in [0.29, 0.717) is 19.7 Å². The molecule has 0 saturated carbocycles. The van der Waals surface area contributed by atoms with Crippen molar-refractivity contribution in [1.29, 1.82) is 0 Å². The summed E-state index contributed by atoms with van der Waals surface area (Å²) in [5.41, 5.74) is 1.02. The molecule has 1 fully saturated rings. The molecule has 0 aromatic heterocycles. The predicted octanol–water partition coefficient (Wildman–Crippen LogP) is 3.52. The Labute approximate surface area is 155 Å². The number of benzene rings is 1. The van der Waals surface area contributed by atoms with Gasteiger partial charge in [-0.2, -0.15) is 0 Å². The topological polar surface area (TPSA) is 67.9 Å². The van der Waals surface area contributed by atoms with E-state index < -0.39 is 0 Å². The summed E-state index contributed by atoms with van der Waals surface area (Å²) in [5.74, 6) is 0.604. The third-order valence-electron chi connectivity index (χ3n) is 4.43. The van der Waals surface area contributed by atoms with Crippen LogP contribution in [0.1, 0.15) is 52.1 Å². The van der Waals surface area contributed by atoms with Crippen molar-refractivity contribution < 1.29 is 19.1 Å². The fourth-order valence-electron chi connectivity index (χ4n) is 3.09. The smallest absolute Gasteiger partial charge is 0.409 e. The van der Waals surface area contributed by atoms with Crippen LogP contribution in [0.3, 0.4) is 0 Å². The number of amides is 2. The number of carbonyl (C=O) groups excluding carboxylic acids is 2. The van der Waals surface area contributed by atoms with Crippen molar-refractivity contribution in [2.24, 2.45) is 5.92 Å². The lowest BCUT2D eigenvalue weighted by Crippen LogP contribution is -2.46. The highest BCUT2D eigenvalue weighted by molar-refractivity contribution is 5.80. The van der Waals surface area contributed by atoms with Crippen molar-refractivity contribution in [3.63, 3.8) is 0 Å². The SMILES string of the molecule is CCOC(=O)N1CCCC(C(=O)NC(C)c2ccc(OC(C)C)cc2)C1. The van der Waals surface area contributed by atoms with Crippen LogP contribution in [0.15, 0.2) is 24.3 Å². The molecule has 6 heteroatoms. The number of carbonyl (C=O) groups is 2. The summed E-state index contributed by atoms with van der Waals surface area (Å²) in [7, 11) is 0. The highest BCUT2D eigenvalue weighted by Crippen LogP contribution is 2.21. The quantitative estimate of drug-likeness (QED) is 0.841. The van der Waals surface area contributed by atoms with Gasteiger partial charge < -0.3 is 19.7 Å². The van der Waals surface area contributed by atoms with E-state index >= 15 is 0 Å². The van der Waals surface area contributed by atoms with Gasteiger partial charge in [0.25, 0.3) is 0 Å². The summed E-state index contributed by atoms with van der Waals surface area (Å²) in [5, 5.41) is 3.06. The lowest BCUT2D eigenvalue weighted by atomic mass is 9.96. The third kappa shape index (κ3) is 5.64. The van der Waals surface area contributed by atoms with E-state index in [1.807, 2.05) is 45.0 Å². The minimum absolute atomic E-state index is 0.0194. The highest BCUT2D eigenvalue weighted by Gasteiger charge is 2.29. The molecule has 26 heavy (non-hydrogen) atoms. The number of hydrogen-bond acceptors (Lipinski definition) is 4. The van der Waals surface area contributed by atoms with Crippen LogP contribution in [0.2, 0.25) is 0 Å². The van der Waals surface area contributed by atoms with Gasteiger partial charge in [0.15, 0.2) is 0 Å². The molecule has 2 unspecified atom stereocenters. The van der Waals surface area contributed by atoms with Crippen molar-refractivity contribution in [2.45, 2.75) is 52.7 Å². The first kappa shape index (κ1) is 20.1. The van der Waals surface area contributed by atoms with E-state index in [9.17, 15) is 9.59 Å². The molecule has 1 aromatic rings. The van der Waals surface area contributed by atoms with Crippen LogP contribution in [0.5, 0.6) is 5.75 Å². The minimum atomic E-state index is -0.334.